The summed E-state index contributed by atoms with van der Waals surface area (Å²) in [6.45, 7) is 0. The molecule has 0 aliphatic rings. The highest BCUT2D eigenvalue weighted by Crippen LogP contribution is 2.27. The first-order valence-corrected chi connectivity index (χ1v) is 7.28. The van der Waals surface area contributed by atoms with Gasteiger partial charge in [-0.3, -0.25) is 10.1 Å². The molecule has 0 amide bonds. The van der Waals surface area contributed by atoms with Gasteiger partial charge in [-0.25, -0.2) is 9.78 Å². The number of carbonyl (C=O) groups is 1. The van der Waals surface area contributed by atoms with Crippen LogP contribution in [0.3, 0.4) is 0 Å². The molecule has 2 aromatic rings. The van der Waals surface area contributed by atoms with Crippen LogP contribution >= 0.6 is 11.8 Å². The van der Waals surface area contributed by atoms with Crippen molar-refractivity contribution in [2.24, 2.45) is 0 Å². The van der Waals surface area contributed by atoms with Crippen molar-refractivity contribution < 1.29 is 14.5 Å². The molecule has 0 radical (unpaired) electrons. The van der Waals surface area contributed by atoms with Gasteiger partial charge in [-0.1, -0.05) is 17.8 Å². The molecule has 8 nitrogen and oxygen atoms in total. The minimum Gasteiger partial charge on any atom is -0.465 e. The van der Waals surface area contributed by atoms with Crippen molar-refractivity contribution in [1.29, 1.82) is 0 Å². The van der Waals surface area contributed by atoms with Gasteiger partial charge < -0.3 is 10.1 Å². The molecule has 0 saturated heterocycles. The van der Waals surface area contributed by atoms with Crippen LogP contribution in [0.1, 0.15) is 10.4 Å². The molecule has 2 rings (SSSR count). The molecule has 0 aliphatic heterocycles. The number of rotatable bonds is 5. The second kappa shape index (κ2) is 6.85. The van der Waals surface area contributed by atoms with E-state index in [-0.39, 0.29) is 11.5 Å². The Morgan fingerprint density at radius 3 is 2.86 bits per heavy atom. The van der Waals surface area contributed by atoms with E-state index in [0.717, 1.165) is 6.20 Å². The first kappa shape index (κ1) is 15.7. The van der Waals surface area contributed by atoms with Gasteiger partial charge in [0.1, 0.15) is 6.20 Å². The lowest BCUT2D eigenvalue weighted by Gasteiger charge is -2.08. The lowest BCUT2D eigenvalue weighted by molar-refractivity contribution is -0.384. The van der Waals surface area contributed by atoms with Gasteiger partial charge in [-0.2, -0.15) is 4.98 Å². The molecule has 1 aromatic heterocycles. The van der Waals surface area contributed by atoms with Crippen molar-refractivity contribution in [2.45, 2.75) is 5.16 Å². The minimum absolute atomic E-state index is 0.0614. The zero-order valence-corrected chi connectivity index (χ0v) is 12.6. The summed E-state index contributed by atoms with van der Waals surface area (Å²) >= 11 is 1.27. The van der Waals surface area contributed by atoms with Gasteiger partial charge in [0.2, 0.25) is 5.82 Å². The molecule has 0 bridgehead atoms. The second-order valence-electron chi connectivity index (χ2n) is 4.05. The van der Waals surface area contributed by atoms with E-state index in [2.05, 4.69) is 20.0 Å². The van der Waals surface area contributed by atoms with Crippen molar-refractivity contribution in [1.82, 2.24) is 9.97 Å². The van der Waals surface area contributed by atoms with E-state index in [9.17, 15) is 14.9 Å². The lowest BCUT2D eigenvalue weighted by Crippen LogP contribution is -2.04. The quantitative estimate of drug-likeness (QED) is 0.294. The summed E-state index contributed by atoms with van der Waals surface area (Å²) in [6, 6.07) is 6.41. The number of ether oxygens (including phenoxy) is 1. The zero-order chi connectivity index (χ0) is 16.1. The Hall–Kier alpha value is -2.68. The number of thioether (sulfide) groups is 1. The Balaban J connectivity index is 2.37. The molecular formula is C13H12N4O4S. The number of nitrogens with one attached hydrogen (secondary N) is 1. The van der Waals surface area contributed by atoms with Crippen LogP contribution in [0, 0.1) is 10.1 Å². The molecule has 0 aliphatic carbocycles. The van der Waals surface area contributed by atoms with Crippen LogP contribution in [0.4, 0.5) is 17.2 Å². The summed E-state index contributed by atoms with van der Waals surface area (Å²) < 4.78 is 4.64. The van der Waals surface area contributed by atoms with Gasteiger partial charge in [0.15, 0.2) is 5.16 Å². The first-order valence-electron chi connectivity index (χ1n) is 6.06. The van der Waals surface area contributed by atoms with E-state index in [4.69, 9.17) is 0 Å². The van der Waals surface area contributed by atoms with Crippen molar-refractivity contribution in [3.63, 3.8) is 0 Å². The number of benzene rings is 1. The van der Waals surface area contributed by atoms with E-state index >= 15 is 0 Å². The van der Waals surface area contributed by atoms with Gasteiger partial charge in [-0.05, 0) is 24.5 Å². The summed E-state index contributed by atoms with van der Waals surface area (Å²) in [5, 5.41) is 14.3. The standard InChI is InChI=1S/C13H12N4O4S/c1-21-12(18)8-4-3-5-9(6-8)15-11-10(17(19)20)7-14-13(16-11)22-2/h3-7H,1-2H3,(H,14,15,16). The highest BCUT2D eigenvalue weighted by Gasteiger charge is 2.18. The Bertz CT molecular complexity index is 723. The highest BCUT2D eigenvalue weighted by molar-refractivity contribution is 7.98. The Kier molecular flexibility index (Phi) is 4.89. The number of methoxy groups -OCH3 is 1. The van der Waals surface area contributed by atoms with E-state index in [1.54, 1.807) is 24.5 Å². The number of nitrogens with zero attached hydrogens (tertiary/aromatic N) is 3. The normalized spacial score (nSPS) is 10.1. The SMILES string of the molecule is COC(=O)c1cccc(Nc2nc(SC)ncc2[N+](=O)[O-])c1. The van der Waals surface area contributed by atoms with Crippen LogP contribution in [0.5, 0.6) is 0 Å². The van der Waals surface area contributed by atoms with Crippen LogP contribution in [0.2, 0.25) is 0 Å². The predicted molar refractivity (Wildman–Crippen MR) is 81.5 cm³/mol. The first-order chi connectivity index (χ1) is 10.5. The number of esters is 1. The second-order valence-corrected chi connectivity index (χ2v) is 4.82. The molecule has 1 aromatic carbocycles. The summed E-state index contributed by atoms with van der Waals surface area (Å²) in [5.41, 5.74) is 0.562. The van der Waals surface area contributed by atoms with Gasteiger partial charge in [-0.15, -0.1) is 0 Å². The van der Waals surface area contributed by atoms with Crippen molar-refractivity contribution >= 4 is 34.9 Å². The molecule has 1 heterocycles. The number of hydrogen-bond acceptors (Lipinski definition) is 8. The number of hydrogen-bond donors (Lipinski definition) is 1. The van der Waals surface area contributed by atoms with E-state index < -0.39 is 10.9 Å². The van der Waals surface area contributed by atoms with Gasteiger partial charge in [0.25, 0.3) is 0 Å². The smallest absolute Gasteiger partial charge is 0.337 e. The fourth-order valence-electron chi connectivity index (χ4n) is 1.66. The van der Waals surface area contributed by atoms with Gasteiger partial charge >= 0.3 is 11.7 Å². The highest BCUT2D eigenvalue weighted by atomic mass is 32.2. The van der Waals surface area contributed by atoms with Crippen LogP contribution in [-0.2, 0) is 4.74 Å². The maximum absolute atomic E-state index is 11.5. The Morgan fingerprint density at radius 1 is 1.45 bits per heavy atom. The van der Waals surface area contributed by atoms with Crippen LogP contribution in [-0.4, -0.2) is 34.2 Å². The minimum atomic E-state index is -0.573. The van der Waals surface area contributed by atoms with E-state index in [0.29, 0.717) is 16.4 Å². The maximum atomic E-state index is 11.5. The number of aromatic nitrogens is 2. The predicted octanol–water partition coefficient (Wildman–Crippen LogP) is 2.64. The number of anilines is 2. The third-order valence-electron chi connectivity index (χ3n) is 2.67. The van der Waals surface area contributed by atoms with Gasteiger partial charge in [0, 0.05) is 5.69 Å². The Labute approximate surface area is 130 Å². The Morgan fingerprint density at radius 2 is 2.23 bits per heavy atom. The third kappa shape index (κ3) is 3.50. The van der Waals surface area contributed by atoms with E-state index in [1.807, 2.05) is 0 Å². The fourth-order valence-corrected chi connectivity index (χ4v) is 2.00. The van der Waals surface area contributed by atoms with Crippen molar-refractivity contribution in [3.05, 3.63) is 46.1 Å². The van der Waals surface area contributed by atoms with Crippen LogP contribution < -0.4 is 5.32 Å². The molecule has 9 heteroatoms. The van der Waals surface area contributed by atoms with Gasteiger partial charge in [0.05, 0.1) is 17.6 Å². The zero-order valence-electron chi connectivity index (χ0n) is 11.8. The average molecular weight is 320 g/mol. The molecule has 0 fully saturated rings. The van der Waals surface area contributed by atoms with Crippen LogP contribution in [0.15, 0.2) is 35.6 Å². The summed E-state index contributed by atoms with van der Waals surface area (Å²) in [5.74, 6) is -0.433. The maximum Gasteiger partial charge on any atom is 0.337 e. The third-order valence-corrected chi connectivity index (χ3v) is 3.23. The lowest BCUT2D eigenvalue weighted by atomic mass is 10.2. The number of carbonyl (C=O) groups excluding carboxylic acids is 1. The molecule has 1 N–H and O–H groups in total. The molecule has 114 valence electrons. The van der Waals surface area contributed by atoms with Crippen molar-refractivity contribution in [3.8, 4) is 0 Å². The van der Waals surface area contributed by atoms with Crippen molar-refractivity contribution in [2.75, 3.05) is 18.7 Å². The topological polar surface area (TPSA) is 107 Å². The molecule has 0 spiro atoms. The summed E-state index contributed by atoms with van der Waals surface area (Å²) in [7, 11) is 1.28. The average Bonchev–Trinajstić information content (AvgIpc) is 2.54. The fraction of sp³-hybridized carbons (Fsp3) is 0.154. The van der Waals surface area contributed by atoms with E-state index in [1.165, 1.54) is 24.9 Å². The summed E-state index contributed by atoms with van der Waals surface area (Å²) in [4.78, 5) is 29.9. The van der Waals surface area contributed by atoms with Crippen LogP contribution in [0.25, 0.3) is 0 Å². The molecule has 0 atom stereocenters. The molecule has 0 saturated carbocycles. The number of nitro groups is 1. The largest absolute Gasteiger partial charge is 0.465 e. The monoisotopic (exact) mass is 320 g/mol. The molecular weight excluding hydrogens is 308 g/mol. The summed E-state index contributed by atoms with van der Waals surface area (Å²) in [6.07, 6.45) is 2.91. The molecule has 0 unspecified atom stereocenters. The molecule has 22 heavy (non-hydrogen) atoms.